The number of carbonyl (C=O) groups excluding carboxylic acids is 2. The molecule has 2 amide bonds. The molecule has 0 unspecified atom stereocenters. The molecule has 4 heteroatoms. The molecule has 0 aromatic rings. The quantitative estimate of drug-likeness (QED) is 0.415. The first-order valence-corrected chi connectivity index (χ1v) is 1.77. The van der Waals surface area contributed by atoms with Crippen molar-refractivity contribution in [1.29, 1.82) is 0 Å². The topological polar surface area (TPSA) is 48.2 Å². The number of imide groups is 1. The van der Waals surface area contributed by atoms with E-state index >= 15 is 0 Å². The molecular weight excluding hydrogens is 227 g/mol. The number of nitrogens with zero attached hydrogens (tertiary/aromatic N) is 1. The molecule has 0 aromatic heterocycles. The third-order valence-corrected chi connectivity index (χ3v) is 0.589. The van der Waals surface area contributed by atoms with E-state index in [9.17, 15) is 9.59 Å². The Morgan fingerprint density at radius 2 is 1.50 bits per heavy atom. The van der Waals surface area contributed by atoms with Crippen molar-refractivity contribution >= 4 is 11.8 Å². The molecule has 0 aliphatic carbocycles. The molecule has 0 atom stereocenters. The first kappa shape index (κ1) is 8.93. The molecule has 36 valence electrons. The molecule has 1 heterocycles. The standard InChI is InChI=1S/C4H3NO2.Cs/c6-3-1-2-4(7)5-3;/h1-2H,(H,5,6,7);/q;+1/p-1. The Kier molecular flexibility index (Phi) is 4.31. The second-order valence-corrected chi connectivity index (χ2v) is 1.12. The summed E-state index contributed by atoms with van der Waals surface area (Å²) < 4.78 is 0. The third-order valence-electron chi connectivity index (χ3n) is 0.589. The number of carbonyl (C=O) groups is 2. The summed E-state index contributed by atoms with van der Waals surface area (Å²) in [5, 5.41) is 3.00. The minimum absolute atomic E-state index is 0. The van der Waals surface area contributed by atoms with E-state index in [2.05, 4.69) is 5.32 Å². The maximum absolute atomic E-state index is 9.98. The Balaban J connectivity index is 0.000000490. The summed E-state index contributed by atoms with van der Waals surface area (Å²) in [6.07, 6.45) is 2.28. The summed E-state index contributed by atoms with van der Waals surface area (Å²) in [4.78, 5) is 20.0. The predicted molar refractivity (Wildman–Crippen MR) is 22.5 cm³/mol. The van der Waals surface area contributed by atoms with Gasteiger partial charge < -0.3 is 14.9 Å². The van der Waals surface area contributed by atoms with Crippen LogP contribution in [0.1, 0.15) is 0 Å². The maximum Gasteiger partial charge on any atom is 1.00 e. The molecular formula is C4H2CsNO2. The van der Waals surface area contributed by atoms with E-state index < -0.39 is 11.8 Å². The average molecular weight is 229 g/mol. The first-order chi connectivity index (χ1) is 3.29. The minimum atomic E-state index is -0.454. The van der Waals surface area contributed by atoms with Crippen LogP contribution in [0.4, 0.5) is 0 Å². The Hall–Kier alpha value is 0.932. The molecule has 3 nitrogen and oxygen atoms in total. The summed E-state index contributed by atoms with van der Waals surface area (Å²) in [5.41, 5.74) is 0. The van der Waals surface area contributed by atoms with Crippen LogP contribution in [0.25, 0.3) is 5.32 Å². The number of rotatable bonds is 0. The van der Waals surface area contributed by atoms with E-state index in [1.54, 1.807) is 0 Å². The molecule has 0 aromatic carbocycles. The van der Waals surface area contributed by atoms with Gasteiger partial charge in [0.15, 0.2) is 0 Å². The molecule has 0 radical (unpaired) electrons. The van der Waals surface area contributed by atoms with Gasteiger partial charge in [-0.3, -0.25) is 0 Å². The summed E-state index contributed by atoms with van der Waals surface area (Å²) in [5.74, 6) is -0.907. The number of hydrogen-bond acceptors (Lipinski definition) is 2. The van der Waals surface area contributed by atoms with E-state index in [0.29, 0.717) is 0 Å². The first-order valence-electron chi connectivity index (χ1n) is 1.77. The van der Waals surface area contributed by atoms with Crippen molar-refractivity contribution in [2.24, 2.45) is 0 Å². The van der Waals surface area contributed by atoms with Crippen LogP contribution in [-0.2, 0) is 9.59 Å². The van der Waals surface area contributed by atoms with Crippen LogP contribution in [0.3, 0.4) is 0 Å². The van der Waals surface area contributed by atoms with Gasteiger partial charge >= 0.3 is 68.9 Å². The van der Waals surface area contributed by atoms with Gasteiger partial charge in [0.05, 0.1) is 11.8 Å². The van der Waals surface area contributed by atoms with Crippen LogP contribution >= 0.6 is 0 Å². The van der Waals surface area contributed by atoms with E-state index in [-0.39, 0.29) is 68.9 Å². The van der Waals surface area contributed by atoms with Crippen molar-refractivity contribution in [3.05, 3.63) is 17.5 Å². The SMILES string of the molecule is O=C1C=CC(=O)[N-]1.[Cs+]. The summed E-state index contributed by atoms with van der Waals surface area (Å²) in [6, 6.07) is 0. The van der Waals surface area contributed by atoms with Crippen molar-refractivity contribution in [2.45, 2.75) is 0 Å². The Morgan fingerprint density at radius 1 is 1.12 bits per heavy atom. The van der Waals surface area contributed by atoms with Gasteiger partial charge in [-0.25, -0.2) is 0 Å². The smallest absolute Gasteiger partial charge is 0.589 e. The fraction of sp³-hybridized carbons (Fsp3) is 0. The largest absolute Gasteiger partial charge is 1.00 e. The maximum atomic E-state index is 9.98. The van der Waals surface area contributed by atoms with Crippen molar-refractivity contribution in [3.63, 3.8) is 0 Å². The Labute approximate surface area is 105 Å². The van der Waals surface area contributed by atoms with Gasteiger partial charge in [0.2, 0.25) is 0 Å². The molecule has 0 saturated carbocycles. The zero-order valence-electron chi connectivity index (χ0n) is 4.42. The number of hydrogen-bond donors (Lipinski definition) is 0. The van der Waals surface area contributed by atoms with Crippen LogP contribution < -0.4 is 68.9 Å². The molecule has 1 rings (SSSR count). The summed E-state index contributed by atoms with van der Waals surface area (Å²) >= 11 is 0. The molecule has 0 N–H and O–H groups in total. The van der Waals surface area contributed by atoms with Gasteiger partial charge in [0, 0.05) is 0 Å². The fourth-order valence-corrected chi connectivity index (χ4v) is 0.326. The minimum Gasteiger partial charge on any atom is -0.589 e. The molecule has 1 aliphatic rings. The average Bonchev–Trinajstić information content (AvgIpc) is 1.87. The number of amides is 2. The second kappa shape index (κ2) is 3.86. The van der Waals surface area contributed by atoms with Gasteiger partial charge in [-0.2, -0.15) is 0 Å². The van der Waals surface area contributed by atoms with E-state index in [4.69, 9.17) is 0 Å². The molecule has 8 heavy (non-hydrogen) atoms. The van der Waals surface area contributed by atoms with Crippen LogP contribution in [0.15, 0.2) is 12.2 Å². The Morgan fingerprint density at radius 3 is 1.62 bits per heavy atom. The van der Waals surface area contributed by atoms with Gasteiger partial charge in [-0.15, -0.1) is 0 Å². The fourth-order valence-electron chi connectivity index (χ4n) is 0.326. The van der Waals surface area contributed by atoms with Gasteiger partial charge in [0.25, 0.3) is 0 Å². The van der Waals surface area contributed by atoms with Gasteiger partial charge in [-0.05, 0) is 12.2 Å². The van der Waals surface area contributed by atoms with Crippen LogP contribution in [-0.4, -0.2) is 11.8 Å². The summed E-state index contributed by atoms with van der Waals surface area (Å²) in [7, 11) is 0. The zero-order chi connectivity index (χ0) is 5.28. The van der Waals surface area contributed by atoms with E-state index in [0.717, 1.165) is 12.2 Å². The molecule has 0 spiro atoms. The van der Waals surface area contributed by atoms with Crippen molar-refractivity contribution < 1.29 is 78.5 Å². The Bertz CT molecular complexity index is 136. The van der Waals surface area contributed by atoms with E-state index in [1.165, 1.54) is 0 Å². The van der Waals surface area contributed by atoms with Crippen molar-refractivity contribution in [1.82, 2.24) is 0 Å². The monoisotopic (exact) mass is 229 g/mol. The van der Waals surface area contributed by atoms with Crippen molar-refractivity contribution in [3.8, 4) is 0 Å². The van der Waals surface area contributed by atoms with E-state index in [1.807, 2.05) is 0 Å². The molecule has 1 aliphatic heterocycles. The van der Waals surface area contributed by atoms with Crippen LogP contribution in [0.2, 0.25) is 0 Å². The predicted octanol–water partition coefficient (Wildman–Crippen LogP) is -3.01. The molecule has 0 bridgehead atoms. The van der Waals surface area contributed by atoms with Crippen molar-refractivity contribution in [2.75, 3.05) is 0 Å². The molecule has 0 fully saturated rings. The normalized spacial score (nSPS) is 15.5. The van der Waals surface area contributed by atoms with Crippen LogP contribution in [0, 0.1) is 0 Å². The second-order valence-electron chi connectivity index (χ2n) is 1.12. The zero-order valence-corrected chi connectivity index (χ0v) is 10.7. The summed E-state index contributed by atoms with van der Waals surface area (Å²) in [6.45, 7) is 0. The molecule has 0 saturated heterocycles. The van der Waals surface area contributed by atoms with Gasteiger partial charge in [-0.1, -0.05) is 0 Å². The third kappa shape index (κ3) is 2.47. The van der Waals surface area contributed by atoms with Crippen LogP contribution in [0.5, 0.6) is 0 Å². The van der Waals surface area contributed by atoms with Gasteiger partial charge in [0.1, 0.15) is 0 Å².